The summed E-state index contributed by atoms with van der Waals surface area (Å²) in [5.74, 6) is 0.290. The predicted octanol–water partition coefficient (Wildman–Crippen LogP) is 2.74. The van der Waals surface area contributed by atoms with Crippen LogP contribution in [0.3, 0.4) is 0 Å². The smallest absolute Gasteiger partial charge is 0.318 e. The molecule has 3 atom stereocenters. The second kappa shape index (κ2) is 6.10. The Morgan fingerprint density at radius 1 is 1.21 bits per heavy atom. The SMILES string of the molecule is CN1CC[C@H](N2CC(c3ccccc3)(C3C=CC=CC3)NC2=O)C1. The van der Waals surface area contributed by atoms with Gasteiger partial charge in [-0.3, -0.25) is 0 Å². The van der Waals surface area contributed by atoms with E-state index in [1.807, 2.05) is 6.07 Å². The zero-order chi connectivity index (χ0) is 16.6. The molecular weight excluding hydrogens is 298 g/mol. The van der Waals surface area contributed by atoms with Crippen molar-refractivity contribution in [2.75, 3.05) is 26.7 Å². The van der Waals surface area contributed by atoms with Gasteiger partial charge in [0.2, 0.25) is 0 Å². The Labute approximate surface area is 143 Å². The summed E-state index contributed by atoms with van der Waals surface area (Å²) in [6.07, 6.45) is 10.7. The quantitative estimate of drug-likeness (QED) is 0.928. The van der Waals surface area contributed by atoms with E-state index in [0.717, 1.165) is 32.5 Å². The maximum Gasteiger partial charge on any atom is 0.318 e. The first-order chi connectivity index (χ1) is 11.7. The van der Waals surface area contributed by atoms with Crippen molar-refractivity contribution in [3.05, 3.63) is 60.2 Å². The van der Waals surface area contributed by atoms with Crippen molar-refractivity contribution in [3.63, 3.8) is 0 Å². The molecular formula is C20H25N3O. The topological polar surface area (TPSA) is 35.6 Å². The summed E-state index contributed by atoms with van der Waals surface area (Å²) in [4.78, 5) is 17.2. The van der Waals surface area contributed by atoms with E-state index in [1.165, 1.54) is 5.56 Å². The van der Waals surface area contributed by atoms with Crippen LogP contribution in [0, 0.1) is 5.92 Å². The fraction of sp³-hybridized carbons (Fsp3) is 0.450. The van der Waals surface area contributed by atoms with E-state index in [0.29, 0.717) is 6.04 Å². The molecule has 1 N–H and O–H groups in total. The minimum absolute atomic E-state index is 0.0853. The van der Waals surface area contributed by atoms with Gasteiger partial charge in [-0.05, 0) is 32.0 Å². The van der Waals surface area contributed by atoms with Crippen molar-refractivity contribution in [1.82, 2.24) is 15.1 Å². The number of rotatable bonds is 3. The van der Waals surface area contributed by atoms with E-state index in [4.69, 9.17) is 0 Å². The molecule has 0 spiro atoms. The van der Waals surface area contributed by atoms with Crippen molar-refractivity contribution in [3.8, 4) is 0 Å². The number of carbonyl (C=O) groups is 1. The van der Waals surface area contributed by atoms with Gasteiger partial charge in [-0.25, -0.2) is 4.79 Å². The highest BCUT2D eigenvalue weighted by Crippen LogP contribution is 2.40. The Balaban J connectivity index is 1.68. The van der Waals surface area contributed by atoms with Crippen molar-refractivity contribution in [1.29, 1.82) is 0 Å². The van der Waals surface area contributed by atoms with Gasteiger partial charge >= 0.3 is 6.03 Å². The highest BCUT2D eigenvalue weighted by atomic mass is 16.2. The van der Waals surface area contributed by atoms with Crippen molar-refractivity contribution < 1.29 is 4.79 Å². The molecule has 4 rings (SSSR count). The molecule has 4 nitrogen and oxygen atoms in total. The second-order valence-electron chi connectivity index (χ2n) is 7.26. The molecule has 24 heavy (non-hydrogen) atoms. The molecule has 4 heteroatoms. The average molecular weight is 323 g/mol. The fourth-order valence-corrected chi connectivity index (χ4v) is 4.37. The molecule has 3 aliphatic rings. The summed E-state index contributed by atoms with van der Waals surface area (Å²) >= 11 is 0. The van der Waals surface area contributed by atoms with Gasteiger partial charge < -0.3 is 15.1 Å². The van der Waals surface area contributed by atoms with Crippen molar-refractivity contribution in [2.45, 2.75) is 24.4 Å². The van der Waals surface area contributed by atoms with Gasteiger partial charge in [0.1, 0.15) is 0 Å². The van der Waals surface area contributed by atoms with E-state index in [9.17, 15) is 4.79 Å². The molecule has 1 aromatic carbocycles. The Bertz CT molecular complexity index is 669. The lowest BCUT2D eigenvalue weighted by atomic mass is 9.75. The summed E-state index contributed by atoms with van der Waals surface area (Å²) in [5.41, 5.74) is 0.873. The van der Waals surface area contributed by atoms with Crippen LogP contribution in [0.5, 0.6) is 0 Å². The number of hydrogen-bond acceptors (Lipinski definition) is 2. The summed E-state index contributed by atoms with van der Waals surface area (Å²) in [6, 6.07) is 10.9. The molecule has 2 amide bonds. The summed E-state index contributed by atoms with van der Waals surface area (Å²) in [5, 5.41) is 3.38. The summed E-state index contributed by atoms with van der Waals surface area (Å²) < 4.78 is 0. The van der Waals surface area contributed by atoms with E-state index in [-0.39, 0.29) is 17.5 Å². The number of nitrogens with zero attached hydrogens (tertiary/aromatic N) is 2. The Morgan fingerprint density at radius 2 is 2.04 bits per heavy atom. The summed E-state index contributed by atoms with van der Waals surface area (Å²) in [6.45, 7) is 2.79. The zero-order valence-electron chi connectivity index (χ0n) is 14.2. The standard InChI is InChI=1S/C20H25N3O/c1-22-13-12-18(14-22)23-15-20(21-19(23)24,16-8-4-2-5-9-16)17-10-6-3-7-11-17/h2-10,17-18H,11-15H2,1H3,(H,21,24)/t17?,18-,20?/m0/s1. The fourth-order valence-electron chi connectivity index (χ4n) is 4.37. The van der Waals surface area contributed by atoms with Crippen LogP contribution in [0.4, 0.5) is 4.79 Å². The number of likely N-dealkylation sites (tertiary alicyclic amines) is 1. The van der Waals surface area contributed by atoms with Crippen LogP contribution in [0.2, 0.25) is 0 Å². The van der Waals surface area contributed by atoms with Crippen LogP contribution in [-0.4, -0.2) is 48.6 Å². The van der Waals surface area contributed by atoms with Gasteiger partial charge in [-0.15, -0.1) is 0 Å². The first-order valence-corrected chi connectivity index (χ1v) is 8.85. The average Bonchev–Trinajstić information content (AvgIpc) is 3.20. The minimum atomic E-state index is -0.333. The maximum atomic E-state index is 12.9. The Morgan fingerprint density at radius 3 is 2.71 bits per heavy atom. The Hall–Kier alpha value is -2.07. The molecule has 0 saturated carbocycles. The second-order valence-corrected chi connectivity index (χ2v) is 7.26. The molecule has 2 heterocycles. The van der Waals surface area contributed by atoms with Gasteiger partial charge in [0, 0.05) is 18.5 Å². The third-order valence-corrected chi connectivity index (χ3v) is 5.72. The van der Waals surface area contributed by atoms with E-state index in [1.54, 1.807) is 0 Å². The van der Waals surface area contributed by atoms with E-state index in [2.05, 4.69) is 70.7 Å². The van der Waals surface area contributed by atoms with Gasteiger partial charge in [-0.2, -0.15) is 0 Å². The number of allylic oxidation sites excluding steroid dienone is 3. The normalized spacial score (nSPS) is 33.2. The molecule has 1 aliphatic carbocycles. The van der Waals surface area contributed by atoms with Gasteiger partial charge in [0.25, 0.3) is 0 Å². The number of nitrogens with one attached hydrogen (secondary N) is 1. The third-order valence-electron chi connectivity index (χ3n) is 5.72. The lowest BCUT2D eigenvalue weighted by Gasteiger charge is -2.37. The largest absolute Gasteiger partial charge is 0.326 e. The first-order valence-electron chi connectivity index (χ1n) is 8.85. The van der Waals surface area contributed by atoms with Crippen LogP contribution in [0.15, 0.2) is 54.6 Å². The number of carbonyl (C=O) groups excluding carboxylic acids is 1. The third kappa shape index (κ3) is 2.55. The molecule has 126 valence electrons. The lowest BCUT2D eigenvalue weighted by Crippen LogP contribution is -2.47. The number of urea groups is 1. The maximum absolute atomic E-state index is 12.9. The number of amides is 2. The number of hydrogen-bond donors (Lipinski definition) is 1. The van der Waals surface area contributed by atoms with Crippen LogP contribution in [0.1, 0.15) is 18.4 Å². The van der Waals surface area contributed by atoms with Crippen LogP contribution < -0.4 is 5.32 Å². The summed E-state index contributed by atoms with van der Waals surface area (Å²) in [7, 11) is 2.13. The molecule has 2 saturated heterocycles. The van der Waals surface area contributed by atoms with Crippen LogP contribution >= 0.6 is 0 Å². The first kappa shape index (κ1) is 15.5. The zero-order valence-corrected chi connectivity index (χ0v) is 14.2. The molecule has 2 unspecified atom stereocenters. The number of likely N-dealkylation sites (N-methyl/N-ethyl adjacent to an activating group) is 1. The van der Waals surface area contributed by atoms with Gasteiger partial charge in [-0.1, -0.05) is 54.6 Å². The van der Waals surface area contributed by atoms with Gasteiger partial charge in [0.15, 0.2) is 0 Å². The predicted molar refractivity (Wildman–Crippen MR) is 95.6 cm³/mol. The molecule has 0 aromatic heterocycles. The molecule has 0 radical (unpaired) electrons. The van der Waals surface area contributed by atoms with Crippen molar-refractivity contribution >= 4 is 6.03 Å². The van der Waals surface area contributed by atoms with E-state index < -0.39 is 0 Å². The van der Waals surface area contributed by atoms with Crippen LogP contribution in [0.25, 0.3) is 0 Å². The highest BCUT2D eigenvalue weighted by Gasteiger charge is 2.50. The number of benzene rings is 1. The molecule has 2 aliphatic heterocycles. The Kier molecular flexibility index (Phi) is 3.93. The molecule has 0 bridgehead atoms. The lowest BCUT2D eigenvalue weighted by molar-refractivity contribution is 0.194. The van der Waals surface area contributed by atoms with Crippen LogP contribution in [-0.2, 0) is 5.54 Å². The monoisotopic (exact) mass is 323 g/mol. The minimum Gasteiger partial charge on any atom is -0.326 e. The molecule has 2 fully saturated rings. The van der Waals surface area contributed by atoms with E-state index >= 15 is 0 Å². The van der Waals surface area contributed by atoms with Gasteiger partial charge in [0.05, 0.1) is 12.1 Å². The van der Waals surface area contributed by atoms with Crippen molar-refractivity contribution in [2.24, 2.45) is 5.92 Å². The molecule has 1 aromatic rings. The highest BCUT2D eigenvalue weighted by molar-refractivity contribution is 5.79.